The number of hydrogen-bond donors (Lipinski definition) is 0. The van der Waals surface area contributed by atoms with Crippen molar-refractivity contribution in [3.8, 4) is 5.40 Å². The van der Waals surface area contributed by atoms with Gasteiger partial charge < -0.3 is 0 Å². The molecule has 54 valence electrons. The highest BCUT2D eigenvalue weighted by Gasteiger charge is 2.12. The summed E-state index contributed by atoms with van der Waals surface area (Å²) in [4.78, 5) is 0. The van der Waals surface area contributed by atoms with Crippen molar-refractivity contribution in [1.29, 1.82) is 5.26 Å². The molecule has 0 aromatic carbocycles. The molecule has 0 aliphatic heterocycles. The van der Waals surface area contributed by atoms with Gasteiger partial charge in [-0.3, -0.25) is 0 Å². The summed E-state index contributed by atoms with van der Waals surface area (Å²) in [6, 6.07) is 0. The van der Waals surface area contributed by atoms with E-state index in [1.165, 1.54) is 10.8 Å². The molecule has 0 bridgehead atoms. The Kier molecular flexibility index (Phi) is 4.16. The second-order valence-electron chi connectivity index (χ2n) is 1.94. The Morgan fingerprint density at radius 2 is 1.89 bits per heavy atom. The standard InChI is InChI=1S/C6H13NS2/c1-4-9(3,5-2)8-6-7/h4-5H2,1-3H3. The maximum absolute atomic E-state index is 8.40. The van der Waals surface area contributed by atoms with Crippen molar-refractivity contribution in [3.05, 3.63) is 0 Å². The summed E-state index contributed by atoms with van der Waals surface area (Å²) in [5, 5.41) is 10.6. The molecule has 0 radical (unpaired) electrons. The Hall–Kier alpha value is 0.190. The summed E-state index contributed by atoms with van der Waals surface area (Å²) in [7, 11) is 0.858. The predicted molar refractivity (Wildman–Crippen MR) is 47.8 cm³/mol. The van der Waals surface area contributed by atoms with Crippen LogP contribution >= 0.6 is 19.9 Å². The van der Waals surface area contributed by atoms with Gasteiger partial charge in [-0.05, 0) is 17.8 Å². The number of rotatable bonds is 3. The average molecular weight is 163 g/mol. The summed E-state index contributed by atoms with van der Waals surface area (Å²) in [5.74, 6) is 2.31. The fourth-order valence-electron chi connectivity index (χ4n) is 0.412. The molecule has 0 spiro atoms. The summed E-state index contributed by atoms with van der Waals surface area (Å²) >= 11 is 0. The van der Waals surface area contributed by atoms with Gasteiger partial charge in [-0.15, -0.1) is 0 Å². The van der Waals surface area contributed by atoms with Crippen LogP contribution in [0.4, 0.5) is 0 Å². The lowest BCUT2D eigenvalue weighted by molar-refractivity contribution is 1.43. The van der Waals surface area contributed by atoms with E-state index >= 15 is 0 Å². The van der Waals surface area contributed by atoms with E-state index in [0.717, 1.165) is 11.5 Å². The second kappa shape index (κ2) is 4.08. The highest BCUT2D eigenvalue weighted by molar-refractivity contribution is 8.95. The van der Waals surface area contributed by atoms with Gasteiger partial charge in [0, 0.05) is 10.8 Å². The van der Waals surface area contributed by atoms with Crippen LogP contribution in [0.5, 0.6) is 0 Å². The van der Waals surface area contributed by atoms with Crippen LogP contribution in [0.2, 0.25) is 0 Å². The van der Waals surface area contributed by atoms with E-state index in [0.29, 0.717) is 0 Å². The maximum Gasteiger partial charge on any atom is 0.143 e. The first-order valence-electron chi connectivity index (χ1n) is 2.99. The Labute approximate surface area is 62.5 Å². The van der Waals surface area contributed by atoms with Gasteiger partial charge in [0.15, 0.2) is 0 Å². The van der Waals surface area contributed by atoms with E-state index in [1.807, 2.05) is 0 Å². The molecule has 0 atom stereocenters. The van der Waals surface area contributed by atoms with E-state index in [2.05, 4.69) is 25.5 Å². The Bertz CT molecular complexity index is 113. The number of nitrogens with zero attached hydrogens (tertiary/aromatic N) is 1. The quantitative estimate of drug-likeness (QED) is 0.471. The van der Waals surface area contributed by atoms with Gasteiger partial charge >= 0.3 is 0 Å². The molecule has 0 aliphatic carbocycles. The fourth-order valence-corrected chi connectivity index (χ4v) is 2.48. The number of hydrogen-bond acceptors (Lipinski definition) is 2. The molecule has 0 N–H and O–H groups in total. The van der Waals surface area contributed by atoms with Gasteiger partial charge in [-0.25, -0.2) is 0 Å². The molecular formula is C6H13NS2. The van der Waals surface area contributed by atoms with Crippen molar-refractivity contribution in [2.24, 2.45) is 0 Å². The molecule has 0 rings (SSSR count). The second-order valence-corrected chi connectivity index (χ2v) is 8.72. The van der Waals surface area contributed by atoms with Gasteiger partial charge in [-0.2, -0.15) is 14.3 Å². The van der Waals surface area contributed by atoms with Crippen LogP contribution < -0.4 is 0 Å². The Morgan fingerprint density at radius 3 is 2.00 bits per heavy atom. The Balaban J connectivity index is 3.80. The molecule has 0 aliphatic rings. The van der Waals surface area contributed by atoms with Crippen LogP contribution in [0.15, 0.2) is 0 Å². The molecule has 0 aromatic rings. The van der Waals surface area contributed by atoms with Gasteiger partial charge in [0.2, 0.25) is 0 Å². The van der Waals surface area contributed by atoms with Gasteiger partial charge in [0.25, 0.3) is 0 Å². The lowest BCUT2D eigenvalue weighted by Crippen LogP contribution is -1.96. The number of thiocyanates is 1. The monoisotopic (exact) mass is 163 g/mol. The molecule has 0 saturated heterocycles. The average Bonchev–Trinajstić information content (AvgIpc) is 1.89. The van der Waals surface area contributed by atoms with E-state index in [4.69, 9.17) is 5.26 Å². The zero-order valence-electron chi connectivity index (χ0n) is 6.18. The van der Waals surface area contributed by atoms with Crippen LogP contribution in [0, 0.1) is 10.7 Å². The highest BCUT2D eigenvalue weighted by atomic mass is 33.2. The summed E-state index contributed by atoms with van der Waals surface area (Å²) in [6.07, 6.45) is 2.21. The minimum Gasteiger partial charge on any atom is -0.184 e. The third-order valence-corrected chi connectivity index (χ3v) is 7.22. The van der Waals surface area contributed by atoms with E-state index < -0.39 is 9.06 Å². The molecule has 9 heavy (non-hydrogen) atoms. The first-order valence-corrected chi connectivity index (χ1v) is 6.71. The SMILES string of the molecule is CCS(C)(CC)SC#N. The predicted octanol–water partition coefficient (Wildman–Crippen LogP) is 2.59. The van der Waals surface area contributed by atoms with Crippen molar-refractivity contribution < 1.29 is 0 Å². The Morgan fingerprint density at radius 1 is 1.44 bits per heavy atom. The normalized spacial score (nSPS) is 12.7. The van der Waals surface area contributed by atoms with Crippen LogP contribution in [-0.4, -0.2) is 17.8 Å². The van der Waals surface area contributed by atoms with E-state index in [9.17, 15) is 0 Å². The van der Waals surface area contributed by atoms with Crippen molar-refractivity contribution in [2.75, 3.05) is 17.8 Å². The van der Waals surface area contributed by atoms with Crippen molar-refractivity contribution in [1.82, 2.24) is 0 Å². The van der Waals surface area contributed by atoms with Crippen LogP contribution in [0.1, 0.15) is 13.8 Å². The van der Waals surface area contributed by atoms with Gasteiger partial charge in [0.05, 0.1) is 0 Å². The number of nitriles is 1. The maximum atomic E-state index is 8.40. The zero-order chi connectivity index (χ0) is 7.33. The smallest absolute Gasteiger partial charge is 0.143 e. The van der Waals surface area contributed by atoms with Gasteiger partial charge in [0.1, 0.15) is 5.40 Å². The summed E-state index contributed by atoms with van der Waals surface area (Å²) < 4.78 is 0. The minimum absolute atomic E-state index is 0.609. The third kappa shape index (κ3) is 3.02. The molecule has 0 aromatic heterocycles. The first-order chi connectivity index (χ1) is 4.18. The molecule has 0 fully saturated rings. The summed E-state index contributed by atoms with van der Waals surface area (Å²) in [6.45, 7) is 4.31. The highest BCUT2D eigenvalue weighted by Crippen LogP contribution is 2.55. The zero-order valence-corrected chi connectivity index (χ0v) is 7.81. The minimum atomic E-state index is -0.609. The van der Waals surface area contributed by atoms with Gasteiger partial charge in [-0.1, -0.05) is 13.8 Å². The summed E-state index contributed by atoms with van der Waals surface area (Å²) in [5.41, 5.74) is 0. The van der Waals surface area contributed by atoms with Crippen molar-refractivity contribution in [3.63, 3.8) is 0 Å². The molecule has 0 amide bonds. The molecule has 0 unspecified atom stereocenters. The topological polar surface area (TPSA) is 23.8 Å². The van der Waals surface area contributed by atoms with Crippen molar-refractivity contribution >= 4 is 19.9 Å². The van der Waals surface area contributed by atoms with Crippen LogP contribution in [-0.2, 0) is 0 Å². The van der Waals surface area contributed by atoms with Crippen molar-refractivity contribution in [2.45, 2.75) is 13.8 Å². The van der Waals surface area contributed by atoms with Crippen LogP contribution in [0.25, 0.3) is 0 Å². The molecule has 0 saturated carbocycles. The third-order valence-electron chi connectivity index (χ3n) is 1.46. The molecular weight excluding hydrogens is 150 g/mol. The fraction of sp³-hybridized carbons (Fsp3) is 0.833. The van der Waals surface area contributed by atoms with E-state index in [-0.39, 0.29) is 0 Å². The molecule has 0 heterocycles. The first kappa shape index (κ1) is 9.19. The van der Waals surface area contributed by atoms with Crippen LogP contribution in [0.3, 0.4) is 0 Å². The lowest BCUT2D eigenvalue weighted by Gasteiger charge is -2.27. The lowest BCUT2D eigenvalue weighted by atomic mass is 11.0. The molecule has 3 heteroatoms. The largest absolute Gasteiger partial charge is 0.184 e. The van der Waals surface area contributed by atoms with E-state index in [1.54, 1.807) is 0 Å². The molecule has 1 nitrogen and oxygen atoms in total.